The Morgan fingerprint density at radius 3 is 2.56 bits per heavy atom. The molecule has 0 spiro atoms. The number of hydrogen-bond donors (Lipinski definition) is 1. The second-order valence-corrected chi connectivity index (χ2v) is 6.19. The molecule has 0 saturated carbocycles. The Bertz CT molecular complexity index is 393. The molecule has 1 aromatic carbocycles. The summed E-state index contributed by atoms with van der Waals surface area (Å²) in [6.07, 6.45) is 0. The fraction of sp³-hybridized carbons (Fsp3) is 0.500. The molecule has 4 heteroatoms. The molecule has 1 heterocycles. The van der Waals surface area contributed by atoms with Gasteiger partial charge in [0.25, 0.3) is 0 Å². The molecule has 1 aliphatic heterocycles. The van der Waals surface area contributed by atoms with E-state index in [1.165, 1.54) is 12.1 Å². The van der Waals surface area contributed by atoms with Crippen LogP contribution >= 0.6 is 0 Å². The molecule has 4 unspecified atom stereocenters. The van der Waals surface area contributed by atoms with E-state index in [1.54, 1.807) is 12.1 Å². The van der Waals surface area contributed by atoms with E-state index in [9.17, 15) is 8.60 Å². The summed E-state index contributed by atoms with van der Waals surface area (Å²) in [5.74, 6) is 0.458. The third kappa shape index (κ3) is 2.33. The molecule has 0 radical (unpaired) electrons. The second-order valence-electron chi connectivity index (χ2n) is 4.35. The van der Waals surface area contributed by atoms with E-state index in [4.69, 9.17) is 0 Å². The van der Waals surface area contributed by atoms with Crippen molar-refractivity contribution in [2.45, 2.75) is 31.2 Å². The van der Waals surface area contributed by atoms with Crippen molar-refractivity contribution in [3.63, 3.8) is 0 Å². The highest BCUT2D eigenvalue weighted by atomic mass is 32.2. The average molecular weight is 241 g/mol. The van der Waals surface area contributed by atoms with Crippen LogP contribution in [0.2, 0.25) is 0 Å². The van der Waals surface area contributed by atoms with E-state index < -0.39 is 10.8 Å². The van der Waals surface area contributed by atoms with Crippen LogP contribution in [-0.2, 0) is 10.8 Å². The maximum Gasteiger partial charge on any atom is 0.123 e. The Morgan fingerprint density at radius 1 is 1.31 bits per heavy atom. The summed E-state index contributed by atoms with van der Waals surface area (Å²) in [6, 6.07) is 6.73. The van der Waals surface area contributed by atoms with Gasteiger partial charge < -0.3 is 5.32 Å². The van der Waals surface area contributed by atoms with Crippen molar-refractivity contribution in [2.75, 3.05) is 5.75 Å². The van der Waals surface area contributed by atoms with E-state index in [1.807, 2.05) is 13.8 Å². The highest BCUT2D eigenvalue weighted by Crippen LogP contribution is 2.25. The Balaban J connectivity index is 2.25. The van der Waals surface area contributed by atoms with Crippen LogP contribution in [0.4, 0.5) is 4.39 Å². The minimum absolute atomic E-state index is 0.0604. The summed E-state index contributed by atoms with van der Waals surface area (Å²) in [7, 11) is -0.807. The van der Waals surface area contributed by atoms with E-state index in [-0.39, 0.29) is 23.2 Å². The summed E-state index contributed by atoms with van der Waals surface area (Å²) >= 11 is 0. The predicted octanol–water partition coefficient (Wildman–Crippen LogP) is 2.00. The Morgan fingerprint density at radius 2 is 1.94 bits per heavy atom. The molecule has 0 aromatic heterocycles. The van der Waals surface area contributed by atoms with Gasteiger partial charge in [-0.1, -0.05) is 12.1 Å². The number of hydrogen-bond acceptors (Lipinski definition) is 2. The van der Waals surface area contributed by atoms with Gasteiger partial charge in [0.2, 0.25) is 0 Å². The normalized spacial score (nSPS) is 34.9. The van der Waals surface area contributed by atoms with E-state index in [2.05, 4.69) is 5.32 Å². The topological polar surface area (TPSA) is 29.1 Å². The molecule has 88 valence electrons. The SMILES string of the molecule is CC1CS(=O)C(C)C(c2ccc(F)cc2)N1. The van der Waals surface area contributed by atoms with Crippen LogP contribution in [0.15, 0.2) is 24.3 Å². The van der Waals surface area contributed by atoms with Gasteiger partial charge in [0.05, 0.1) is 5.25 Å². The van der Waals surface area contributed by atoms with Crippen LogP contribution in [0.25, 0.3) is 0 Å². The molecule has 16 heavy (non-hydrogen) atoms. The highest BCUT2D eigenvalue weighted by molar-refractivity contribution is 7.85. The Labute approximate surface area is 97.7 Å². The lowest BCUT2D eigenvalue weighted by molar-refractivity contribution is 0.447. The zero-order chi connectivity index (χ0) is 11.7. The fourth-order valence-corrected chi connectivity index (χ4v) is 3.51. The third-order valence-electron chi connectivity index (χ3n) is 2.99. The molecule has 1 aromatic rings. The highest BCUT2D eigenvalue weighted by Gasteiger charge is 2.31. The van der Waals surface area contributed by atoms with Gasteiger partial charge in [-0.2, -0.15) is 0 Å². The lowest BCUT2D eigenvalue weighted by Crippen LogP contribution is -2.47. The largest absolute Gasteiger partial charge is 0.305 e. The van der Waals surface area contributed by atoms with Gasteiger partial charge in [-0.3, -0.25) is 4.21 Å². The molecule has 0 amide bonds. The quantitative estimate of drug-likeness (QED) is 0.814. The average Bonchev–Trinajstić information content (AvgIpc) is 2.25. The van der Waals surface area contributed by atoms with E-state index in [0.29, 0.717) is 5.75 Å². The standard InChI is InChI=1S/C12H16FNOS/c1-8-7-16(15)9(2)12(14-8)10-3-5-11(13)6-4-10/h3-6,8-9,12,14H,7H2,1-2H3. The van der Waals surface area contributed by atoms with Gasteiger partial charge in [0, 0.05) is 28.6 Å². The molecule has 1 fully saturated rings. The van der Waals surface area contributed by atoms with E-state index in [0.717, 1.165) is 5.56 Å². The number of halogens is 1. The van der Waals surface area contributed by atoms with Crippen molar-refractivity contribution in [3.05, 3.63) is 35.6 Å². The van der Waals surface area contributed by atoms with Crippen LogP contribution < -0.4 is 5.32 Å². The second kappa shape index (κ2) is 4.63. The van der Waals surface area contributed by atoms with Crippen molar-refractivity contribution in [3.8, 4) is 0 Å². The summed E-state index contributed by atoms with van der Waals surface area (Å²) in [5, 5.41) is 3.49. The smallest absolute Gasteiger partial charge is 0.123 e. The van der Waals surface area contributed by atoms with Crippen LogP contribution in [0, 0.1) is 5.82 Å². The monoisotopic (exact) mass is 241 g/mol. The number of rotatable bonds is 1. The van der Waals surface area contributed by atoms with Gasteiger partial charge in [-0.15, -0.1) is 0 Å². The Kier molecular flexibility index (Phi) is 3.40. The molecular weight excluding hydrogens is 225 g/mol. The Hall–Kier alpha value is -0.740. The fourth-order valence-electron chi connectivity index (χ4n) is 2.08. The molecular formula is C12H16FNOS. The van der Waals surface area contributed by atoms with Crippen molar-refractivity contribution in [1.29, 1.82) is 0 Å². The number of benzene rings is 1. The molecule has 1 aliphatic rings. The maximum atomic E-state index is 12.8. The van der Waals surface area contributed by atoms with Crippen molar-refractivity contribution in [1.82, 2.24) is 5.32 Å². The van der Waals surface area contributed by atoms with Gasteiger partial charge in [0.15, 0.2) is 0 Å². The molecule has 1 saturated heterocycles. The first-order chi connectivity index (χ1) is 7.58. The zero-order valence-corrected chi connectivity index (χ0v) is 10.3. The van der Waals surface area contributed by atoms with Crippen LogP contribution in [0.1, 0.15) is 25.5 Å². The van der Waals surface area contributed by atoms with E-state index >= 15 is 0 Å². The van der Waals surface area contributed by atoms with Gasteiger partial charge in [-0.25, -0.2) is 4.39 Å². The van der Waals surface area contributed by atoms with Crippen LogP contribution in [0.3, 0.4) is 0 Å². The number of nitrogens with one attached hydrogen (secondary N) is 1. The van der Waals surface area contributed by atoms with Gasteiger partial charge in [-0.05, 0) is 31.5 Å². The molecule has 2 nitrogen and oxygen atoms in total. The zero-order valence-electron chi connectivity index (χ0n) is 9.44. The molecule has 0 aliphatic carbocycles. The molecule has 1 N–H and O–H groups in total. The molecule has 0 bridgehead atoms. The maximum absolute atomic E-state index is 12.8. The first-order valence-corrected chi connectivity index (χ1v) is 6.85. The molecule has 4 atom stereocenters. The lowest BCUT2D eigenvalue weighted by atomic mass is 10.0. The minimum atomic E-state index is -0.807. The minimum Gasteiger partial charge on any atom is -0.305 e. The first-order valence-electron chi connectivity index (χ1n) is 5.46. The van der Waals surface area contributed by atoms with Crippen LogP contribution in [0.5, 0.6) is 0 Å². The van der Waals surface area contributed by atoms with Crippen molar-refractivity contribution >= 4 is 10.8 Å². The van der Waals surface area contributed by atoms with Crippen LogP contribution in [-0.4, -0.2) is 21.3 Å². The van der Waals surface area contributed by atoms with Gasteiger partial charge in [0.1, 0.15) is 5.82 Å². The third-order valence-corrected chi connectivity index (χ3v) is 4.92. The van der Waals surface area contributed by atoms with Gasteiger partial charge >= 0.3 is 0 Å². The van der Waals surface area contributed by atoms with Crippen molar-refractivity contribution < 1.29 is 8.60 Å². The predicted molar refractivity (Wildman–Crippen MR) is 64.2 cm³/mol. The van der Waals surface area contributed by atoms with Crippen molar-refractivity contribution in [2.24, 2.45) is 0 Å². The first kappa shape index (κ1) is 11.7. The molecule has 2 rings (SSSR count). The summed E-state index contributed by atoms with van der Waals surface area (Å²) < 4.78 is 24.7. The summed E-state index contributed by atoms with van der Waals surface area (Å²) in [4.78, 5) is 0. The lowest BCUT2D eigenvalue weighted by Gasteiger charge is -2.34. The summed E-state index contributed by atoms with van der Waals surface area (Å²) in [5.41, 5.74) is 1.01. The summed E-state index contributed by atoms with van der Waals surface area (Å²) in [6.45, 7) is 4.00.